The first-order chi connectivity index (χ1) is 19.9. The maximum atomic E-state index is 13.9. The van der Waals surface area contributed by atoms with E-state index >= 15 is 0 Å². The third-order valence-electron chi connectivity index (χ3n) is 6.89. The van der Waals surface area contributed by atoms with Gasteiger partial charge in [0.25, 0.3) is 0 Å². The summed E-state index contributed by atoms with van der Waals surface area (Å²) in [7, 11) is 0. The van der Waals surface area contributed by atoms with Gasteiger partial charge in [0.05, 0.1) is 6.61 Å². The Kier molecular flexibility index (Phi) is 15.2. The van der Waals surface area contributed by atoms with Crippen molar-refractivity contribution in [3.63, 3.8) is 0 Å². The highest BCUT2D eigenvalue weighted by Crippen LogP contribution is 2.32. The monoisotopic (exact) mass is 778 g/mol. The minimum atomic E-state index is -0.148. The molecule has 0 bridgehead atoms. The van der Waals surface area contributed by atoms with Crippen LogP contribution in [-0.2, 0) is 12.8 Å². The molecule has 0 aliphatic heterocycles. The SMILES string of the molecule is CCCCCc1ccc(-c2ccc(I)cc2F)cc1.CCCCCc1ccc(-c2ccc(I)cc2OCCO)cc1. The summed E-state index contributed by atoms with van der Waals surface area (Å²) in [5.41, 5.74) is 6.59. The number of benzene rings is 4. The number of rotatable bonds is 13. The van der Waals surface area contributed by atoms with Crippen molar-refractivity contribution in [3.05, 3.63) is 109 Å². The largest absolute Gasteiger partial charge is 0.491 e. The van der Waals surface area contributed by atoms with Gasteiger partial charge in [-0.25, -0.2) is 4.39 Å². The highest BCUT2D eigenvalue weighted by molar-refractivity contribution is 14.1. The van der Waals surface area contributed by atoms with Crippen LogP contribution in [0.25, 0.3) is 22.3 Å². The molecule has 0 heterocycles. The maximum Gasteiger partial charge on any atom is 0.132 e. The molecule has 0 fully saturated rings. The lowest BCUT2D eigenvalue weighted by Gasteiger charge is -2.12. The maximum absolute atomic E-state index is 13.9. The molecule has 1 N–H and O–H groups in total. The minimum absolute atomic E-state index is 0.0290. The van der Waals surface area contributed by atoms with Crippen molar-refractivity contribution in [2.75, 3.05) is 13.2 Å². The second-order valence-corrected chi connectivity index (χ2v) is 12.6. The fourth-order valence-corrected chi connectivity index (χ4v) is 5.51. The van der Waals surface area contributed by atoms with E-state index in [-0.39, 0.29) is 12.4 Å². The van der Waals surface area contributed by atoms with Crippen molar-refractivity contribution in [2.24, 2.45) is 0 Å². The van der Waals surface area contributed by atoms with Gasteiger partial charge in [0, 0.05) is 18.3 Å². The van der Waals surface area contributed by atoms with Crippen molar-refractivity contribution in [2.45, 2.75) is 65.2 Å². The number of aliphatic hydroxyl groups excluding tert-OH is 1. The van der Waals surface area contributed by atoms with Crippen LogP contribution in [0.15, 0.2) is 84.9 Å². The van der Waals surface area contributed by atoms with E-state index in [1.807, 2.05) is 30.3 Å². The molecule has 0 aliphatic rings. The number of unbranched alkanes of at least 4 members (excludes halogenated alkanes) is 4. The van der Waals surface area contributed by atoms with Gasteiger partial charge in [0.15, 0.2) is 0 Å². The van der Waals surface area contributed by atoms with Crippen LogP contribution in [0.3, 0.4) is 0 Å². The van der Waals surface area contributed by atoms with E-state index in [0.29, 0.717) is 12.2 Å². The van der Waals surface area contributed by atoms with Gasteiger partial charge in [-0.3, -0.25) is 0 Å². The summed E-state index contributed by atoms with van der Waals surface area (Å²) in [6.45, 7) is 4.79. The highest BCUT2D eigenvalue weighted by atomic mass is 127. The molecule has 0 aliphatic carbocycles. The Hall–Kier alpha value is -1.97. The fraction of sp³-hybridized carbons (Fsp3) is 0.333. The van der Waals surface area contributed by atoms with Crippen LogP contribution in [0.1, 0.15) is 63.5 Å². The van der Waals surface area contributed by atoms with E-state index < -0.39 is 0 Å². The van der Waals surface area contributed by atoms with Gasteiger partial charge in [-0.15, -0.1) is 0 Å². The number of aryl methyl sites for hydroxylation is 2. The standard InChI is InChI=1S/C19H23IO2.C17H18FI/c1-2-3-4-5-15-6-8-16(9-7-15)18-11-10-17(20)14-19(18)22-13-12-21;1-2-3-4-5-13-6-8-14(9-7-13)16-11-10-15(19)12-17(16)18/h6-11,14,21H,2-5,12-13H2,1H3;6-12H,2-5H2,1H3. The first kappa shape index (κ1) is 33.5. The lowest BCUT2D eigenvalue weighted by Crippen LogP contribution is -2.03. The lowest BCUT2D eigenvalue weighted by molar-refractivity contribution is 0.202. The molecule has 0 saturated carbocycles. The van der Waals surface area contributed by atoms with Crippen LogP contribution in [-0.4, -0.2) is 18.3 Å². The van der Waals surface area contributed by atoms with Crippen LogP contribution < -0.4 is 4.74 Å². The molecular weight excluding hydrogens is 737 g/mol. The summed E-state index contributed by atoms with van der Waals surface area (Å²) in [4.78, 5) is 0. The Morgan fingerprint density at radius 1 is 0.634 bits per heavy atom. The minimum Gasteiger partial charge on any atom is -0.491 e. The van der Waals surface area contributed by atoms with E-state index in [1.165, 1.54) is 49.7 Å². The van der Waals surface area contributed by atoms with Gasteiger partial charge >= 0.3 is 0 Å². The normalized spacial score (nSPS) is 10.7. The van der Waals surface area contributed by atoms with Crippen LogP contribution in [0.5, 0.6) is 5.75 Å². The summed E-state index contributed by atoms with van der Waals surface area (Å²) in [5, 5.41) is 8.97. The zero-order valence-electron chi connectivity index (χ0n) is 24.1. The lowest BCUT2D eigenvalue weighted by atomic mass is 10.0. The first-order valence-corrected chi connectivity index (χ1v) is 16.8. The van der Waals surface area contributed by atoms with Crippen LogP contribution in [0.2, 0.25) is 0 Å². The highest BCUT2D eigenvalue weighted by Gasteiger charge is 2.08. The third-order valence-corrected chi connectivity index (χ3v) is 8.23. The Bertz CT molecular complexity index is 1320. The van der Waals surface area contributed by atoms with E-state index in [4.69, 9.17) is 9.84 Å². The number of aliphatic hydroxyl groups is 1. The molecule has 0 amide bonds. The fourth-order valence-electron chi connectivity index (χ4n) is 4.59. The van der Waals surface area contributed by atoms with Crippen LogP contribution in [0, 0.1) is 13.0 Å². The van der Waals surface area contributed by atoms with E-state index in [1.54, 1.807) is 6.07 Å². The summed E-state index contributed by atoms with van der Waals surface area (Å²) in [5.74, 6) is 0.685. The van der Waals surface area contributed by atoms with Crippen LogP contribution in [0.4, 0.5) is 4.39 Å². The molecule has 0 aromatic heterocycles. The van der Waals surface area contributed by atoms with E-state index in [0.717, 1.165) is 42.4 Å². The zero-order valence-corrected chi connectivity index (χ0v) is 28.5. The van der Waals surface area contributed by atoms with Crippen molar-refractivity contribution in [3.8, 4) is 28.0 Å². The summed E-state index contributed by atoms with van der Waals surface area (Å²) in [6.07, 6.45) is 9.81. The first-order valence-electron chi connectivity index (χ1n) is 14.6. The Balaban J connectivity index is 0.000000228. The average Bonchev–Trinajstić information content (AvgIpc) is 2.98. The van der Waals surface area contributed by atoms with E-state index in [2.05, 4.69) is 108 Å². The predicted molar refractivity (Wildman–Crippen MR) is 188 cm³/mol. The predicted octanol–water partition coefficient (Wildman–Crippen LogP) is 10.9. The molecule has 4 aromatic carbocycles. The van der Waals surface area contributed by atoms with Gasteiger partial charge in [0.1, 0.15) is 18.2 Å². The molecule has 0 unspecified atom stereocenters. The summed E-state index contributed by atoms with van der Waals surface area (Å²) < 4.78 is 21.6. The number of hydrogen-bond donors (Lipinski definition) is 1. The van der Waals surface area contributed by atoms with Gasteiger partial charge in [0.2, 0.25) is 0 Å². The number of ether oxygens (including phenoxy) is 1. The molecule has 218 valence electrons. The molecule has 41 heavy (non-hydrogen) atoms. The second kappa shape index (κ2) is 18.5. The van der Waals surface area contributed by atoms with Gasteiger partial charge in [-0.05, 0) is 123 Å². The average molecular weight is 779 g/mol. The molecule has 5 heteroatoms. The molecule has 4 rings (SSSR count). The van der Waals surface area contributed by atoms with E-state index in [9.17, 15) is 4.39 Å². The Labute approximate surface area is 273 Å². The van der Waals surface area contributed by atoms with Crippen molar-refractivity contribution < 1.29 is 14.2 Å². The Morgan fingerprint density at radius 2 is 1.12 bits per heavy atom. The Morgan fingerprint density at radius 3 is 1.61 bits per heavy atom. The molecular formula is C36H41FI2O2. The van der Waals surface area contributed by atoms with Gasteiger partial charge < -0.3 is 9.84 Å². The smallest absolute Gasteiger partial charge is 0.132 e. The molecule has 0 atom stereocenters. The number of hydrogen-bond acceptors (Lipinski definition) is 2. The topological polar surface area (TPSA) is 29.5 Å². The van der Waals surface area contributed by atoms with Crippen LogP contribution >= 0.6 is 45.2 Å². The van der Waals surface area contributed by atoms with Crippen molar-refractivity contribution in [1.29, 1.82) is 0 Å². The number of halogens is 3. The second-order valence-electron chi connectivity index (χ2n) is 10.1. The zero-order chi connectivity index (χ0) is 29.5. The summed E-state index contributed by atoms with van der Waals surface area (Å²) in [6, 6.07) is 28.5. The van der Waals surface area contributed by atoms with Crippen molar-refractivity contribution >= 4 is 45.2 Å². The molecule has 4 aromatic rings. The molecule has 0 saturated heterocycles. The van der Waals surface area contributed by atoms with Gasteiger partial charge in [-0.2, -0.15) is 0 Å². The summed E-state index contributed by atoms with van der Waals surface area (Å²) >= 11 is 4.40. The molecule has 0 spiro atoms. The van der Waals surface area contributed by atoms with Crippen molar-refractivity contribution in [1.82, 2.24) is 0 Å². The quantitative estimate of drug-likeness (QED) is 0.108. The third kappa shape index (κ3) is 11.3. The van der Waals surface area contributed by atoms with Gasteiger partial charge in [-0.1, -0.05) is 94.1 Å². The molecule has 2 nitrogen and oxygen atoms in total. The molecule has 0 radical (unpaired) electrons.